The lowest BCUT2D eigenvalue weighted by molar-refractivity contribution is 1.07. The molecule has 2 heterocycles. The normalized spacial score (nSPS) is 13.4. The van der Waals surface area contributed by atoms with Crippen molar-refractivity contribution < 1.29 is 0 Å². The molecule has 0 amide bonds. The van der Waals surface area contributed by atoms with Crippen LogP contribution in [0.5, 0.6) is 0 Å². The van der Waals surface area contributed by atoms with Crippen LogP contribution < -0.4 is 5.32 Å². The van der Waals surface area contributed by atoms with Crippen molar-refractivity contribution in [3.05, 3.63) is 39.5 Å². The number of hydrogen-bond acceptors (Lipinski definition) is 4. The van der Waals surface area contributed by atoms with Gasteiger partial charge in [-0.25, -0.2) is 9.97 Å². The molecule has 1 aromatic heterocycles. The SMILES string of the molecule is CNc1nc(-c2ccc(Br)c(C)c2)nc2c1CSC2. The van der Waals surface area contributed by atoms with E-state index in [1.165, 1.54) is 16.8 Å². The van der Waals surface area contributed by atoms with Gasteiger partial charge in [0.15, 0.2) is 5.82 Å². The smallest absolute Gasteiger partial charge is 0.161 e. The van der Waals surface area contributed by atoms with Crippen molar-refractivity contribution in [3.8, 4) is 11.4 Å². The number of nitrogens with zero attached hydrogens (tertiary/aromatic N) is 2. The largest absolute Gasteiger partial charge is 0.373 e. The van der Waals surface area contributed by atoms with E-state index in [9.17, 15) is 0 Å². The van der Waals surface area contributed by atoms with E-state index in [0.29, 0.717) is 0 Å². The fourth-order valence-electron chi connectivity index (χ4n) is 2.17. The summed E-state index contributed by atoms with van der Waals surface area (Å²) < 4.78 is 1.11. The molecule has 0 unspecified atom stereocenters. The van der Waals surface area contributed by atoms with Gasteiger partial charge in [-0.15, -0.1) is 0 Å². The Labute approximate surface area is 125 Å². The van der Waals surface area contributed by atoms with Crippen molar-refractivity contribution in [2.24, 2.45) is 0 Å². The fraction of sp³-hybridized carbons (Fsp3) is 0.286. The van der Waals surface area contributed by atoms with Crippen molar-refractivity contribution in [2.75, 3.05) is 12.4 Å². The average molecular weight is 336 g/mol. The molecular formula is C14H14BrN3S. The molecule has 1 aromatic carbocycles. The molecule has 0 fully saturated rings. The molecular weight excluding hydrogens is 322 g/mol. The summed E-state index contributed by atoms with van der Waals surface area (Å²) in [5.74, 6) is 3.76. The number of rotatable bonds is 2. The first-order valence-corrected chi connectivity index (χ1v) is 8.05. The third kappa shape index (κ3) is 2.37. The Kier molecular flexibility index (Phi) is 3.50. The van der Waals surface area contributed by atoms with Gasteiger partial charge in [0, 0.05) is 34.2 Å². The first-order valence-electron chi connectivity index (χ1n) is 6.11. The Morgan fingerprint density at radius 1 is 1.26 bits per heavy atom. The highest BCUT2D eigenvalue weighted by Gasteiger charge is 2.19. The van der Waals surface area contributed by atoms with E-state index < -0.39 is 0 Å². The van der Waals surface area contributed by atoms with E-state index in [-0.39, 0.29) is 0 Å². The molecule has 2 aromatic rings. The molecule has 0 atom stereocenters. The number of aryl methyl sites for hydroxylation is 1. The highest BCUT2D eigenvalue weighted by molar-refractivity contribution is 9.10. The van der Waals surface area contributed by atoms with E-state index in [4.69, 9.17) is 4.98 Å². The number of hydrogen-bond donors (Lipinski definition) is 1. The van der Waals surface area contributed by atoms with Gasteiger partial charge >= 0.3 is 0 Å². The summed E-state index contributed by atoms with van der Waals surface area (Å²) >= 11 is 5.42. The van der Waals surface area contributed by atoms with Gasteiger partial charge in [0.05, 0.1) is 5.69 Å². The van der Waals surface area contributed by atoms with Crippen molar-refractivity contribution in [1.29, 1.82) is 0 Å². The van der Waals surface area contributed by atoms with Gasteiger partial charge in [-0.2, -0.15) is 11.8 Å². The highest BCUT2D eigenvalue weighted by Crippen LogP contribution is 2.34. The Hall–Kier alpha value is -1.07. The standard InChI is InChI=1S/C14H14BrN3S/c1-8-5-9(3-4-11(8)15)13-17-12-7-19-6-10(12)14(16-2)18-13/h3-5H,6-7H2,1-2H3,(H,16,17,18). The molecule has 0 radical (unpaired) electrons. The molecule has 3 rings (SSSR count). The monoisotopic (exact) mass is 335 g/mol. The van der Waals surface area contributed by atoms with Gasteiger partial charge < -0.3 is 5.32 Å². The third-order valence-corrected chi connectivity index (χ3v) is 5.09. The quantitative estimate of drug-likeness (QED) is 0.899. The number of halogens is 1. The second-order valence-electron chi connectivity index (χ2n) is 4.53. The minimum atomic E-state index is 0.807. The second kappa shape index (κ2) is 5.13. The lowest BCUT2D eigenvalue weighted by Gasteiger charge is -2.10. The van der Waals surface area contributed by atoms with E-state index >= 15 is 0 Å². The molecule has 1 N–H and O–H groups in total. The number of thioether (sulfide) groups is 1. The van der Waals surface area contributed by atoms with Gasteiger partial charge in [0.1, 0.15) is 5.82 Å². The Bertz CT molecular complexity index is 643. The molecule has 0 aliphatic carbocycles. The van der Waals surface area contributed by atoms with Gasteiger partial charge in [-0.3, -0.25) is 0 Å². The second-order valence-corrected chi connectivity index (χ2v) is 6.37. The van der Waals surface area contributed by atoms with Crippen LogP contribution in [0.15, 0.2) is 22.7 Å². The summed E-state index contributed by atoms with van der Waals surface area (Å²) in [5.41, 5.74) is 4.68. The minimum Gasteiger partial charge on any atom is -0.373 e. The zero-order valence-corrected chi connectivity index (χ0v) is 13.2. The topological polar surface area (TPSA) is 37.8 Å². The molecule has 1 aliphatic heterocycles. The maximum atomic E-state index is 4.72. The summed E-state index contributed by atoms with van der Waals surface area (Å²) in [5, 5.41) is 3.19. The van der Waals surface area contributed by atoms with Crippen LogP contribution in [-0.4, -0.2) is 17.0 Å². The van der Waals surface area contributed by atoms with Gasteiger partial charge in [0.25, 0.3) is 0 Å². The summed E-state index contributed by atoms with van der Waals surface area (Å²) in [6, 6.07) is 6.22. The van der Waals surface area contributed by atoms with Crippen LogP contribution in [0.2, 0.25) is 0 Å². The highest BCUT2D eigenvalue weighted by atomic mass is 79.9. The third-order valence-electron chi connectivity index (χ3n) is 3.23. The predicted octanol–water partition coefficient (Wildman–Crippen LogP) is 4.00. The van der Waals surface area contributed by atoms with E-state index in [1.807, 2.05) is 18.8 Å². The van der Waals surface area contributed by atoms with E-state index in [1.54, 1.807) is 0 Å². The number of benzene rings is 1. The Balaban J connectivity index is 2.12. The van der Waals surface area contributed by atoms with Gasteiger partial charge in [0.2, 0.25) is 0 Å². The Morgan fingerprint density at radius 2 is 2.11 bits per heavy atom. The van der Waals surface area contributed by atoms with E-state index in [2.05, 4.69) is 51.4 Å². The molecule has 19 heavy (non-hydrogen) atoms. The molecule has 5 heteroatoms. The zero-order chi connectivity index (χ0) is 13.4. The summed E-state index contributed by atoms with van der Waals surface area (Å²) in [6.45, 7) is 2.08. The summed E-state index contributed by atoms with van der Waals surface area (Å²) in [7, 11) is 1.92. The molecule has 3 nitrogen and oxygen atoms in total. The van der Waals surface area contributed by atoms with Crippen LogP contribution >= 0.6 is 27.7 Å². The first kappa shape index (κ1) is 12.9. The molecule has 1 aliphatic rings. The average Bonchev–Trinajstić information content (AvgIpc) is 2.89. The molecule has 0 saturated carbocycles. The van der Waals surface area contributed by atoms with Crippen LogP contribution in [0.4, 0.5) is 5.82 Å². The molecule has 0 spiro atoms. The van der Waals surface area contributed by atoms with Crippen LogP contribution in [0, 0.1) is 6.92 Å². The van der Waals surface area contributed by atoms with Crippen LogP contribution in [-0.2, 0) is 11.5 Å². The molecule has 98 valence electrons. The summed E-state index contributed by atoms with van der Waals surface area (Å²) in [6.07, 6.45) is 0. The van der Waals surface area contributed by atoms with Crippen molar-refractivity contribution in [2.45, 2.75) is 18.4 Å². The van der Waals surface area contributed by atoms with Crippen LogP contribution in [0.3, 0.4) is 0 Å². The van der Waals surface area contributed by atoms with Gasteiger partial charge in [-0.05, 0) is 24.6 Å². The summed E-state index contributed by atoms with van der Waals surface area (Å²) in [4.78, 5) is 9.37. The maximum absolute atomic E-state index is 4.72. The van der Waals surface area contributed by atoms with Gasteiger partial charge in [-0.1, -0.05) is 22.0 Å². The fourth-order valence-corrected chi connectivity index (χ4v) is 3.46. The minimum absolute atomic E-state index is 0.807. The maximum Gasteiger partial charge on any atom is 0.161 e. The Morgan fingerprint density at radius 3 is 2.84 bits per heavy atom. The van der Waals surface area contributed by atoms with Crippen molar-refractivity contribution in [1.82, 2.24) is 9.97 Å². The zero-order valence-electron chi connectivity index (χ0n) is 10.8. The number of fused-ring (bicyclic) bond motifs is 1. The lowest BCUT2D eigenvalue weighted by atomic mass is 10.1. The number of aromatic nitrogens is 2. The van der Waals surface area contributed by atoms with Crippen LogP contribution in [0.25, 0.3) is 11.4 Å². The first-order chi connectivity index (χ1) is 9.19. The molecule has 0 bridgehead atoms. The number of nitrogens with one attached hydrogen (secondary N) is 1. The van der Waals surface area contributed by atoms with E-state index in [0.717, 1.165) is 33.2 Å². The predicted molar refractivity (Wildman–Crippen MR) is 84.5 cm³/mol. The molecule has 0 saturated heterocycles. The number of anilines is 1. The lowest BCUT2D eigenvalue weighted by Crippen LogP contribution is -2.03. The van der Waals surface area contributed by atoms with Crippen molar-refractivity contribution >= 4 is 33.5 Å². The van der Waals surface area contributed by atoms with Crippen LogP contribution in [0.1, 0.15) is 16.8 Å². The van der Waals surface area contributed by atoms with Crippen molar-refractivity contribution in [3.63, 3.8) is 0 Å².